The van der Waals surface area contributed by atoms with Crippen molar-refractivity contribution in [3.05, 3.63) is 88.6 Å². The Hall–Kier alpha value is -3.56. The van der Waals surface area contributed by atoms with E-state index in [9.17, 15) is 18.7 Å². The number of ether oxygens (including phenoxy) is 2. The molecule has 2 aromatic carbocycles. The van der Waals surface area contributed by atoms with E-state index in [1.807, 2.05) is 25.1 Å². The SMILES string of the molecule is CCOc1cc(OCC)nc(C(=O)NC(Cc2cc(F)cc(F)c2)C(O)CNCc2cccc(CC)c2)c1. The van der Waals surface area contributed by atoms with Crippen molar-refractivity contribution in [3.8, 4) is 11.6 Å². The summed E-state index contributed by atoms with van der Waals surface area (Å²) in [5, 5.41) is 17.0. The Morgan fingerprint density at radius 3 is 2.34 bits per heavy atom. The number of carbonyl (C=O) groups is 1. The molecule has 3 aromatic rings. The van der Waals surface area contributed by atoms with Crippen LogP contribution in [0.25, 0.3) is 0 Å². The third kappa shape index (κ3) is 8.78. The van der Waals surface area contributed by atoms with E-state index in [2.05, 4.69) is 28.6 Å². The molecule has 1 aromatic heterocycles. The number of aliphatic hydroxyl groups excluding tert-OH is 1. The van der Waals surface area contributed by atoms with Gasteiger partial charge in [0.15, 0.2) is 0 Å². The molecule has 9 heteroatoms. The van der Waals surface area contributed by atoms with E-state index in [1.54, 1.807) is 13.0 Å². The van der Waals surface area contributed by atoms with Gasteiger partial charge in [-0.2, -0.15) is 0 Å². The molecular formula is C29H35F2N3O4. The molecule has 1 heterocycles. The largest absolute Gasteiger partial charge is 0.494 e. The van der Waals surface area contributed by atoms with Crippen LogP contribution in [0.4, 0.5) is 8.78 Å². The molecule has 0 aliphatic heterocycles. The zero-order valence-electron chi connectivity index (χ0n) is 22.0. The van der Waals surface area contributed by atoms with E-state index < -0.39 is 29.7 Å². The van der Waals surface area contributed by atoms with Gasteiger partial charge in [-0.3, -0.25) is 4.79 Å². The Morgan fingerprint density at radius 2 is 1.66 bits per heavy atom. The minimum absolute atomic E-state index is 0.00193. The number of rotatable bonds is 14. The fourth-order valence-electron chi connectivity index (χ4n) is 4.04. The maximum absolute atomic E-state index is 13.9. The van der Waals surface area contributed by atoms with E-state index in [0.29, 0.717) is 31.1 Å². The molecule has 2 unspecified atom stereocenters. The van der Waals surface area contributed by atoms with E-state index in [1.165, 1.54) is 23.8 Å². The van der Waals surface area contributed by atoms with Gasteiger partial charge in [0.1, 0.15) is 23.1 Å². The molecule has 0 saturated carbocycles. The van der Waals surface area contributed by atoms with Gasteiger partial charge >= 0.3 is 0 Å². The second kappa shape index (κ2) is 14.4. The lowest BCUT2D eigenvalue weighted by molar-refractivity contribution is 0.0824. The Kier molecular flexibility index (Phi) is 11.0. The maximum Gasteiger partial charge on any atom is 0.270 e. The molecule has 3 N–H and O–H groups in total. The zero-order chi connectivity index (χ0) is 27.5. The summed E-state index contributed by atoms with van der Waals surface area (Å²) in [5.74, 6) is -1.41. The summed E-state index contributed by atoms with van der Waals surface area (Å²) in [4.78, 5) is 17.4. The van der Waals surface area contributed by atoms with Gasteiger partial charge in [-0.05, 0) is 55.5 Å². The monoisotopic (exact) mass is 527 g/mol. The number of aryl methyl sites for hydroxylation is 1. The number of pyridine rings is 1. The zero-order valence-corrected chi connectivity index (χ0v) is 22.0. The molecule has 1 amide bonds. The van der Waals surface area contributed by atoms with Crippen LogP contribution in [0, 0.1) is 11.6 Å². The molecule has 7 nitrogen and oxygen atoms in total. The number of hydrogen-bond acceptors (Lipinski definition) is 6. The van der Waals surface area contributed by atoms with Gasteiger partial charge < -0.3 is 25.2 Å². The van der Waals surface area contributed by atoms with Crippen LogP contribution in [0.2, 0.25) is 0 Å². The van der Waals surface area contributed by atoms with Crippen molar-refractivity contribution in [2.45, 2.75) is 52.3 Å². The van der Waals surface area contributed by atoms with Gasteiger partial charge in [-0.25, -0.2) is 13.8 Å². The maximum atomic E-state index is 13.9. The Labute approximate surface area is 222 Å². The molecular weight excluding hydrogens is 492 g/mol. The highest BCUT2D eigenvalue weighted by Crippen LogP contribution is 2.20. The highest BCUT2D eigenvalue weighted by atomic mass is 19.1. The van der Waals surface area contributed by atoms with Crippen LogP contribution in [-0.2, 0) is 19.4 Å². The van der Waals surface area contributed by atoms with Crippen LogP contribution >= 0.6 is 0 Å². The van der Waals surface area contributed by atoms with Gasteiger partial charge in [-0.15, -0.1) is 0 Å². The van der Waals surface area contributed by atoms with Crippen molar-refractivity contribution < 1.29 is 28.2 Å². The van der Waals surface area contributed by atoms with Crippen molar-refractivity contribution in [3.63, 3.8) is 0 Å². The van der Waals surface area contributed by atoms with Crippen molar-refractivity contribution >= 4 is 5.91 Å². The molecule has 0 aliphatic rings. The fourth-order valence-corrected chi connectivity index (χ4v) is 4.04. The Morgan fingerprint density at radius 1 is 0.947 bits per heavy atom. The molecule has 2 atom stereocenters. The van der Waals surface area contributed by atoms with Gasteiger partial charge in [0.05, 0.1) is 25.4 Å². The molecule has 0 saturated heterocycles. The lowest BCUT2D eigenvalue weighted by atomic mass is 10.00. The summed E-state index contributed by atoms with van der Waals surface area (Å²) in [6.07, 6.45) is -0.155. The number of halogens is 2. The summed E-state index contributed by atoms with van der Waals surface area (Å²) in [7, 11) is 0. The number of aromatic nitrogens is 1. The smallest absolute Gasteiger partial charge is 0.270 e. The van der Waals surface area contributed by atoms with Crippen molar-refractivity contribution in [2.24, 2.45) is 0 Å². The number of nitrogens with one attached hydrogen (secondary N) is 2. The van der Waals surface area contributed by atoms with Crippen LogP contribution in [0.15, 0.2) is 54.6 Å². The van der Waals surface area contributed by atoms with E-state index in [4.69, 9.17) is 9.47 Å². The first-order valence-corrected chi connectivity index (χ1v) is 12.8. The molecule has 0 bridgehead atoms. The summed E-state index contributed by atoms with van der Waals surface area (Å²) in [5.41, 5.74) is 2.60. The lowest BCUT2D eigenvalue weighted by Crippen LogP contribution is -2.48. The summed E-state index contributed by atoms with van der Waals surface area (Å²) in [6.45, 7) is 7.07. The number of carbonyl (C=O) groups excluding carboxylic acids is 1. The Bertz CT molecular complexity index is 1160. The predicted molar refractivity (Wildman–Crippen MR) is 141 cm³/mol. The van der Waals surface area contributed by atoms with Gasteiger partial charge in [0.25, 0.3) is 5.91 Å². The van der Waals surface area contributed by atoms with E-state index in [0.717, 1.165) is 18.1 Å². The van der Waals surface area contributed by atoms with Crippen LogP contribution in [0.3, 0.4) is 0 Å². The van der Waals surface area contributed by atoms with Crippen molar-refractivity contribution in [1.82, 2.24) is 15.6 Å². The van der Waals surface area contributed by atoms with Gasteiger partial charge in [-0.1, -0.05) is 31.2 Å². The average molecular weight is 528 g/mol. The third-order valence-corrected chi connectivity index (χ3v) is 5.85. The van der Waals surface area contributed by atoms with Crippen LogP contribution in [0.1, 0.15) is 48.0 Å². The minimum atomic E-state index is -1.07. The topological polar surface area (TPSA) is 92.7 Å². The second-order valence-electron chi connectivity index (χ2n) is 8.83. The quantitative estimate of drug-likeness (QED) is 0.291. The minimum Gasteiger partial charge on any atom is -0.494 e. The molecule has 0 radical (unpaired) electrons. The summed E-state index contributed by atoms with van der Waals surface area (Å²) < 4.78 is 38.7. The summed E-state index contributed by atoms with van der Waals surface area (Å²) in [6, 6.07) is 13.4. The number of amides is 1. The Balaban J connectivity index is 1.78. The molecule has 0 aliphatic carbocycles. The highest BCUT2D eigenvalue weighted by molar-refractivity contribution is 5.93. The fraction of sp³-hybridized carbons (Fsp3) is 0.379. The van der Waals surface area contributed by atoms with Crippen molar-refractivity contribution in [2.75, 3.05) is 19.8 Å². The molecule has 204 valence electrons. The molecule has 38 heavy (non-hydrogen) atoms. The number of aliphatic hydroxyl groups is 1. The predicted octanol–water partition coefficient (Wildman–Crippen LogP) is 4.21. The van der Waals surface area contributed by atoms with Gasteiger partial charge in [0, 0.05) is 31.3 Å². The first-order chi connectivity index (χ1) is 18.3. The third-order valence-electron chi connectivity index (χ3n) is 5.85. The molecule has 0 spiro atoms. The van der Waals surface area contributed by atoms with Crippen LogP contribution in [0.5, 0.6) is 11.6 Å². The molecule has 0 fully saturated rings. The van der Waals surface area contributed by atoms with E-state index in [-0.39, 0.29) is 24.5 Å². The first kappa shape index (κ1) is 29.0. The normalized spacial score (nSPS) is 12.6. The number of benzene rings is 2. The first-order valence-electron chi connectivity index (χ1n) is 12.8. The second-order valence-corrected chi connectivity index (χ2v) is 8.83. The average Bonchev–Trinajstić information content (AvgIpc) is 2.88. The summed E-state index contributed by atoms with van der Waals surface area (Å²) >= 11 is 0. The van der Waals surface area contributed by atoms with E-state index >= 15 is 0 Å². The highest BCUT2D eigenvalue weighted by Gasteiger charge is 2.24. The standard InChI is InChI=1S/C29H35F2N3O4/c1-4-19-8-7-9-20(10-19)17-32-18-27(35)25(13-21-11-22(30)14-23(31)12-21)34-29(36)26-15-24(37-5-2)16-28(33-26)38-6-3/h7-12,14-16,25,27,32,35H,4-6,13,17-18H2,1-3H3,(H,34,36). The molecule has 3 rings (SSSR count). The number of nitrogens with zero attached hydrogens (tertiary/aromatic N) is 1. The number of hydrogen-bond donors (Lipinski definition) is 3. The lowest BCUT2D eigenvalue weighted by Gasteiger charge is -2.25. The van der Waals surface area contributed by atoms with Crippen LogP contribution < -0.4 is 20.1 Å². The van der Waals surface area contributed by atoms with Crippen molar-refractivity contribution in [1.29, 1.82) is 0 Å². The van der Waals surface area contributed by atoms with Crippen LogP contribution in [-0.4, -0.2) is 47.9 Å². The van der Waals surface area contributed by atoms with Gasteiger partial charge in [0.2, 0.25) is 5.88 Å².